The molecule has 0 radical (unpaired) electrons. The molecule has 0 aromatic carbocycles. The summed E-state index contributed by atoms with van der Waals surface area (Å²) in [5, 5.41) is 0. The Morgan fingerprint density at radius 2 is 2.07 bits per heavy atom. The Kier molecular flexibility index (Phi) is 8.21. The molecule has 0 bridgehead atoms. The second kappa shape index (κ2) is 10.2. The second-order valence-corrected chi connectivity index (χ2v) is 8.89. The van der Waals surface area contributed by atoms with Gasteiger partial charge in [-0.05, 0) is 67.9 Å². The van der Waals surface area contributed by atoms with Crippen molar-refractivity contribution in [1.82, 2.24) is 9.55 Å². The highest BCUT2D eigenvalue weighted by Crippen LogP contribution is 2.38. The van der Waals surface area contributed by atoms with E-state index >= 15 is 0 Å². The van der Waals surface area contributed by atoms with Crippen LogP contribution in [0, 0.1) is 11.8 Å². The smallest absolute Gasteiger partial charge is 0.141 e. The fraction of sp³-hybridized carbons (Fsp3) is 0.400. The molecule has 4 heteroatoms. The van der Waals surface area contributed by atoms with Crippen LogP contribution in [-0.2, 0) is 0 Å². The van der Waals surface area contributed by atoms with Gasteiger partial charge in [-0.2, -0.15) is 0 Å². The Bertz CT molecular complexity index is 896. The first-order chi connectivity index (χ1) is 13.6. The molecule has 2 nitrogen and oxygen atoms in total. The lowest BCUT2D eigenvalue weighted by Crippen LogP contribution is -2.14. The molecule has 0 saturated carbocycles. The van der Waals surface area contributed by atoms with Crippen LogP contribution >= 0.6 is 15.9 Å². The molecule has 2 rings (SSSR count). The van der Waals surface area contributed by atoms with E-state index in [1.807, 2.05) is 29.8 Å². The van der Waals surface area contributed by atoms with Crippen LogP contribution < -0.4 is 0 Å². The minimum absolute atomic E-state index is 0.335. The van der Waals surface area contributed by atoms with E-state index < -0.39 is 6.17 Å². The van der Waals surface area contributed by atoms with Crippen LogP contribution in [-0.4, -0.2) is 15.7 Å². The molecule has 0 N–H and O–H groups in total. The summed E-state index contributed by atoms with van der Waals surface area (Å²) in [6.45, 7) is 18.1. The minimum Gasteiger partial charge on any atom is -0.300 e. The van der Waals surface area contributed by atoms with Gasteiger partial charge in [-0.15, -0.1) is 0 Å². The minimum atomic E-state index is -1.09. The van der Waals surface area contributed by atoms with Crippen LogP contribution in [0.5, 0.6) is 0 Å². The van der Waals surface area contributed by atoms with Crippen LogP contribution in [0.4, 0.5) is 4.39 Å². The van der Waals surface area contributed by atoms with Gasteiger partial charge in [-0.1, -0.05) is 62.0 Å². The zero-order valence-corrected chi connectivity index (χ0v) is 19.8. The summed E-state index contributed by atoms with van der Waals surface area (Å²) in [7, 11) is 0. The Labute approximate surface area is 183 Å². The number of imidazole rings is 1. The van der Waals surface area contributed by atoms with Gasteiger partial charge in [-0.25, -0.2) is 9.37 Å². The van der Waals surface area contributed by atoms with E-state index in [2.05, 4.69) is 62.0 Å². The molecule has 156 valence electrons. The van der Waals surface area contributed by atoms with Crippen LogP contribution in [0.15, 0.2) is 59.8 Å². The molecule has 1 aromatic rings. The van der Waals surface area contributed by atoms with Gasteiger partial charge in [0.15, 0.2) is 0 Å². The molecular weight excluding hydrogens is 427 g/mol. The first-order valence-electron chi connectivity index (χ1n) is 10.2. The predicted octanol–water partition coefficient (Wildman–Crippen LogP) is 7.98. The van der Waals surface area contributed by atoms with E-state index in [0.717, 1.165) is 40.1 Å². The number of aromatic nitrogens is 2. The van der Waals surface area contributed by atoms with Gasteiger partial charge in [0.25, 0.3) is 0 Å². The van der Waals surface area contributed by atoms with Crippen molar-refractivity contribution in [2.45, 2.75) is 53.6 Å². The van der Waals surface area contributed by atoms with Crippen molar-refractivity contribution >= 4 is 32.8 Å². The fourth-order valence-electron chi connectivity index (χ4n) is 3.49. The first-order valence-corrected chi connectivity index (χ1v) is 11.0. The molecule has 1 heterocycles. The Balaban J connectivity index is 2.80. The van der Waals surface area contributed by atoms with E-state index in [1.165, 1.54) is 18.1 Å². The molecular formula is C25H32BrFN2. The number of rotatable bonds is 8. The lowest BCUT2D eigenvalue weighted by Gasteiger charge is -2.26. The number of alkyl halides is 1. The summed E-state index contributed by atoms with van der Waals surface area (Å²) in [6, 6.07) is 0. The van der Waals surface area contributed by atoms with Crippen molar-refractivity contribution in [2.24, 2.45) is 11.8 Å². The normalized spacial score (nSPS) is 19.7. The Morgan fingerprint density at radius 3 is 2.62 bits per heavy atom. The van der Waals surface area contributed by atoms with Gasteiger partial charge in [0.05, 0.1) is 5.69 Å². The number of hydrogen-bond donors (Lipinski definition) is 0. The van der Waals surface area contributed by atoms with E-state index in [-0.39, 0.29) is 0 Å². The van der Waals surface area contributed by atoms with Crippen molar-refractivity contribution < 1.29 is 4.39 Å². The quantitative estimate of drug-likeness (QED) is 0.361. The van der Waals surface area contributed by atoms with E-state index in [4.69, 9.17) is 4.98 Å². The van der Waals surface area contributed by atoms with Crippen LogP contribution in [0.3, 0.4) is 0 Å². The van der Waals surface area contributed by atoms with Crippen molar-refractivity contribution in [3.05, 3.63) is 71.3 Å². The largest absolute Gasteiger partial charge is 0.300 e. The summed E-state index contributed by atoms with van der Waals surface area (Å²) in [4.78, 5) is 4.95. The third kappa shape index (κ3) is 5.79. The highest BCUT2D eigenvalue weighted by Gasteiger charge is 2.26. The SMILES string of the molecule is C=C(Br)/C=C\C(=C/C(C)F)n1cc(C(=C)C)nc1C1=C(C(C)CC)C=CCC1C. The standard InChI is InChI=1S/C25H32BrFN2/c1-8-17(4)22-11-9-10-18(5)24(22)25-28-23(16(2)3)15-29(25)21(14-20(7)27)13-12-19(6)26/h9,11-15,17-18,20H,2,6,8,10H2,1,3-5,7H3/b13-12-,21-14+. The molecule has 0 spiro atoms. The molecule has 0 saturated heterocycles. The van der Waals surface area contributed by atoms with Crippen molar-refractivity contribution in [3.63, 3.8) is 0 Å². The summed E-state index contributed by atoms with van der Waals surface area (Å²) < 4.78 is 16.7. The number of hydrogen-bond acceptors (Lipinski definition) is 1. The average Bonchev–Trinajstić information content (AvgIpc) is 3.09. The second-order valence-electron chi connectivity index (χ2n) is 7.87. The monoisotopic (exact) mass is 458 g/mol. The third-order valence-corrected chi connectivity index (χ3v) is 5.50. The van der Waals surface area contributed by atoms with E-state index in [1.54, 1.807) is 6.08 Å². The summed E-state index contributed by atoms with van der Waals surface area (Å²) >= 11 is 3.35. The highest BCUT2D eigenvalue weighted by molar-refractivity contribution is 9.11. The number of nitrogens with zero attached hydrogens (tertiary/aromatic N) is 2. The third-order valence-electron chi connectivity index (χ3n) is 5.23. The Hall–Kier alpha value is -1.94. The van der Waals surface area contributed by atoms with Gasteiger partial charge >= 0.3 is 0 Å². The summed E-state index contributed by atoms with van der Waals surface area (Å²) in [6.07, 6.45) is 12.7. The summed E-state index contributed by atoms with van der Waals surface area (Å²) in [5.41, 5.74) is 4.98. The van der Waals surface area contributed by atoms with Crippen molar-refractivity contribution in [1.29, 1.82) is 0 Å². The van der Waals surface area contributed by atoms with Gasteiger partial charge < -0.3 is 0 Å². The maximum Gasteiger partial charge on any atom is 0.141 e. The van der Waals surface area contributed by atoms with E-state index in [9.17, 15) is 4.39 Å². The Morgan fingerprint density at radius 1 is 1.38 bits per heavy atom. The number of halogens is 2. The van der Waals surface area contributed by atoms with Crippen LogP contribution in [0.1, 0.15) is 59.0 Å². The topological polar surface area (TPSA) is 17.8 Å². The van der Waals surface area contributed by atoms with E-state index in [0.29, 0.717) is 11.8 Å². The maximum atomic E-state index is 14.0. The maximum absolute atomic E-state index is 14.0. The molecule has 3 unspecified atom stereocenters. The van der Waals surface area contributed by atoms with Gasteiger partial charge in [0.2, 0.25) is 0 Å². The zero-order chi connectivity index (χ0) is 21.7. The first kappa shape index (κ1) is 23.3. The number of allylic oxidation sites excluding steroid dienone is 10. The van der Waals surface area contributed by atoms with Gasteiger partial charge in [0.1, 0.15) is 12.0 Å². The molecule has 0 fully saturated rings. The highest BCUT2D eigenvalue weighted by atomic mass is 79.9. The van der Waals surface area contributed by atoms with Crippen molar-refractivity contribution in [2.75, 3.05) is 0 Å². The average molecular weight is 459 g/mol. The molecule has 0 amide bonds. The lowest BCUT2D eigenvalue weighted by molar-refractivity contribution is 0.430. The molecule has 1 aromatic heterocycles. The molecule has 3 atom stereocenters. The van der Waals surface area contributed by atoms with Gasteiger partial charge in [0, 0.05) is 21.9 Å². The van der Waals surface area contributed by atoms with Crippen LogP contribution in [0.25, 0.3) is 16.8 Å². The molecule has 29 heavy (non-hydrogen) atoms. The molecule has 1 aliphatic rings. The van der Waals surface area contributed by atoms with Crippen LogP contribution in [0.2, 0.25) is 0 Å². The fourth-order valence-corrected chi connectivity index (χ4v) is 3.62. The molecule has 0 aliphatic heterocycles. The summed E-state index contributed by atoms with van der Waals surface area (Å²) in [5.74, 6) is 1.63. The zero-order valence-electron chi connectivity index (χ0n) is 18.2. The predicted molar refractivity (Wildman–Crippen MR) is 128 cm³/mol. The van der Waals surface area contributed by atoms with Crippen molar-refractivity contribution in [3.8, 4) is 0 Å². The lowest BCUT2D eigenvalue weighted by atomic mass is 9.82. The molecule has 1 aliphatic carbocycles. The van der Waals surface area contributed by atoms with Gasteiger partial charge in [-0.3, -0.25) is 4.57 Å².